The van der Waals surface area contributed by atoms with E-state index in [2.05, 4.69) is 9.97 Å². The molecule has 88 valence electrons. The van der Waals surface area contributed by atoms with E-state index in [-0.39, 0.29) is 11.5 Å². The van der Waals surface area contributed by atoms with Crippen molar-refractivity contribution in [3.8, 4) is 11.4 Å². The summed E-state index contributed by atoms with van der Waals surface area (Å²) in [7, 11) is 0. The number of hydrogen-bond acceptors (Lipinski definition) is 3. The second-order valence-electron chi connectivity index (χ2n) is 3.34. The lowest BCUT2D eigenvalue weighted by atomic mass is 10.2. The maximum Gasteiger partial charge on any atom is 0.282 e. The molecule has 2 N–H and O–H groups in total. The Labute approximate surface area is 95.1 Å². The lowest BCUT2D eigenvalue weighted by molar-refractivity contribution is 0.147. The molecule has 1 aromatic heterocycles. The Morgan fingerprint density at radius 2 is 1.76 bits per heavy atom. The highest BCUT2D eigenvalue weighted by atomic mass is 19.3. The molecule has 6 heteroatoms. The summed E-state index contributed by atoms with van der Waals surface area (Å²) in [6.45, 7) is 0. The summed E-state index contributed by atoms with van der Waals surface area (Å²) >= 11 is 0. The maximum atomic E-state index is 12.7. The molecule has 0 spiro atoms. The van der Waals surface area contributed by atoms with Crippen LogP contribution in [0.25, 0.3) is 11.4 Å². The highest BCUT2D eigenvalue weighted by Gasteiger charge is 2.15. The van der Waals surface area contributed by atoms with Crippen LogP contribution in [0.4, 0.5) is 18.9 Å². The lowest BCUT2D eigenvalue weighted by Crippen LogP contribution is -2.02. The fourth-order valence-corrected chi connectivity index (χ4v) is 1.32. The first-order chi connectivity index (χ1) is 8.08. The van der Waals surface area contributed by atoms with Crippen molar-refractivity contribution < 1.29 is 13.2 Å². The second kappa shape index (κ2) is 4.40. The molecule has 3 nitrogen and oxygen atoms in total. The molecule has 0 unspecified atom stereocenters. The van der Waals surface area contributed by atoms with Gasteiger partial charge in [-0.2, -0.15) is 0 Å². The van der Waals surface area contributed by atoms with Gasteiger partial charge in [0.15, 0.2) is 5.82 Å². The Kier molecular flexibility index (Phi) is 2.95. The molecule has 0 saturated heterocycles. The molecule has 1 heterocycles. The van der Waals surface area contributed by atoms with Crippen molar-refractivity contribution in [1.82, 2.24) is 9.97 Å². The smallest absolute Gasteiger partial charge is 0.282 e. The van der Waals surface area contributed by atoms with Gasteiger partial charge in [-0.3, -0.25) is 0 Å². The van der Waals surface area contributed by atoms with Crippen molar-refractivity contribution in [1.29, 1.82) is 0 Å². The maximum absolute atomic E-state index is 12.7. The zero-order valence-corrected chi connectivity index (χ0v) is 8.57. The summed E-state index contributed by atoms with van der Waals surface area (Å²) < 4.78 is 37.8. The van der Waals surface area contributed by atoms with Crippen molar-refractivity contribution in [2.45, 2.75) is 6.43 Å². The van der Waals surface area contributed by atoms with Gasteiger partial charge in [-0.15, -0.1) is 0 Å². The van der Waals surface area contributed by atoms with E-state index in [9.17, 15) is 13.2 Å². The number of benzene rings is 1. The van der Waals surface area contributed by atoms with Crippen LogP contribution in [0.15, 0.2) is 30.5 Å². The number of alkyl halides is 2. The van der Waals surface area contributed by atoms with Crippen LogP contribution in [0.1, 0.15) is 12.1 Å². The highest BCUT2D eigenvalue weighted by Crippen LogP contribution is 2.25. The molecule has 0 aliphatic carbocycles. The third-order valence-electron chi connectivity index (χ3n) is 2.16. The first kappa shape index (κ1) is 11.4. The summed E-state index contributed by atoms with van der Waals surface area (Å²) in [4.78, 5) is 7.49. The van der Waals surface area contributed by atoms with Gasteiger partial charge in [0.1, 0.15) is 11.5 Å². The molecule has 0 aliphatic heterocycles. The van der Waals surface area contributed by atoms with E-state index in [1.54, 1.807) is 0 Å². The Morgan fingerprint density at radius 3 is 2.35 bits per heavy atom. The second-order valence-corrected chi connectivity index (χ2v) is 3.34. The molecule has 0 atom stereocenters. The topological polar surface area (TPSA) is 51.8 Å². The van der Waals surface area contributed by atoms with Crippen LogP contribution in [0.5, 0.6) is 0 Å². The highest BCUT2D eigenvalue weighted by molar-refractivity contribution is 5.57. The summed E-state index contributed by atoms with van der Waals surface area (Å²) in [6.07, 6.45) is -1.65. The van der Waals surface area contributed by atoms with Gasteiger partial charge in [0, 0.05) is 5.56 Å². The molecular formula is C11H8F3N3. The summed E-state index contributed by atoms with van der Waals surface area (Å²) in [6, 6.07) is 5.24. The molecule has 0 fully saturated rings. The van der Waals surface area contributed by atoms with Crippen LogP contribution in [-0.2, 0) is 0 Å². The van der Waals surface area contributed by atoms with E-state index < -0.39 is 17.9 Å². The van der Waals surface area contributed by atoms with E-state index in [1.807, 2.05) is 0 Å². The third kappa shape index (κ3) is 2.35. The minimum Gasteiger partial charge on any atom is -0.396 e. The number of hydrogen-bond donors (Lipinski definition) is 1. The van der Waals surface area contributed by atoms with Crippen molar-refractivity contribution in [2.24, 2.45) is 0 Å². The number of aromatic nitrogens is 2. The largest absolute Gasteiger partial charge is 0.396 e. The zero-order chi connectivity index (χ0) is 12.4. The van der Waals surface area contributed by atoms with Gasteiger partial charge in [0.05, 0.1) is 11.9 Å². The minimum absolute atomic E-state index is 0.0921. The molecule has 2 rings (SSSR count). The molecule has 0 aliphatic rings. The van der Waals surface area contributed by atoms with Crippen LogP contribution in [0.3, 0.4) is 0 Å². The minimum atomic E-state index is -2.77. The molecule has 0 bridgehead atoms. The van der Waals surface area contributed by atoms with E-state index in [1.165, 1.54) is 24.3 Å². The van der Waals surface area contributed by atoms with E-state index in [0.717, 1.165) is 6.20 Å². The van der Waals surface area contributed by atoms with Gasteiger partial charge in [-0.05, 0) is 24.3 Å². The Balaban J connectivity index is 2.46. The van der Waals surface area contributed by atoms with Crippen LogP contribution in [0.2, 0.25) is 0 Å². The van der Waals surface area contributed by atoms with Gasteiger partial charge >= 0.3 is 0 Å². The standard InChI is InChI=1S/C11H8F3N3/c12-7-3-1-6(2-4-7)11-16-5-8(15)9(17-11)10(13)14/h1-5,10H,15H2. The van der Waals surface area contributed by atoms with Gasteiger partial charge in [-0.25, -0.2) is 23.1 Å². The van der Waals surface area contributed by atoms with Crippen LogP contribution >= 0.6 is 0 Å². The predicted molar refractivity (Wildman–Crippen MR) is 56.8 cm³/mol. The van der Waals surface area contributed by atoms with E-state index in [0.29, 0.717) is 5.56 Å². The normalized spacial score (nSPS) is 10.8. The Bertz CT molecular complexity index is 526. The number of nitrogen functional groups attached to an aromatic ring is 1. The fourth-order valence-electron chi connectivity index (χ4n) is 1.32. The number of rotatable bonds is 2. The number of nitrogens with zero attached hydrogens (tertiary/aromatic N) is 2. The molecule has 17 heavy (non-hydrogen) atoms. The predicted octanol–water partition coefficient (Wildman–Crippen LogP) is 2.80. The van der Waals surface area contributed by atoms with E-state index in [4.69, 9.17) is 5.73 Å². The van der Waals surface area contributed by atoms with Crippen LogP contribution < -0.4 is 5.73 Å². The van der Waals surface area contributed by atoms with Crippen molar-refractivity contribution in [3.63, 3.8) is 0 Å². The SMILES string of the molecule is Nc1cnc(-c2ccc(F)cc2)nc1C(F)F. The molecule has 0 radical (unpaired) electrons. The Hall–Kier alpha value is -2.11. The molecule has 1 aromatic carbocycles. The fraction of sp³-hybridized carbons (Fsp3) is 0.0909. The summed E-state index contributed by atoms with van der Waals surface area (Å²) in [5.41, 5.74) is 5.10. The molecule has 0 saturated carbocycles. The van der Waals surface area contributed by atoms with Gasteiger partial charge in [0.2, 0.25) is 0 Å². The third-order valence-corrected chi connectivity index (χ3v) is 2.16. The lowest BCUT2D eigenvalue weighted by Gasteiger charge is -2.05. The number of nitrogens with two attached hydrogens (primary N) is 1. The number of anilines is 1. The van der Waals surface area contributed by atoms with Crippen molar-refractivity contribution in [3.05, 3.63) is 42.0 Å². The molecular weight excluding hydrogens is 231 g/mol. The van der Waals surface area contributed by atoms with Crippen LogP contribution in [0, 0.1) is 5.82 Å². The summed E-state index contributed by atoms with van der Waals surface area (Å²) in [5, 5.41) is 0. The average molecular weight is 239 g/mol. The first-order valence-electron chi connectivity index (χ1n) is 4.74. The van der Waals surface area contributed by atoms with Crippen molar-refractivity contribution >= 4 is 5.69 Å². The molecule has 2 aromatic rings. The average Bonchev–Trinajstić information content (AvgIpc) is 2.30. The summed E-state index contributed by atoms with van der Waals surface area (Å²) in [5.74, 6) is -0.326. The zero-order valence-electron chi connectivity index (χ0n) is 8.57. The first-order valence-corrected chi connectivity index (χ1v) is 4.74. The van der Waals surface area contributed by atoms with Gasteiger partial charge < -0.3 is 5.73 Å². The quantitative estimate of drug-likeness (QED) is 0.876. The Morgan fingerprint density at radius 1 is 1.12 bits per heavy atom. The van der Waals surface area contributed by atoms with Gasteiger partial charge in [-0.1, -0.05) is 0 Å². The van der Waals surface area contributed by atoms with Crippen LogP contribution in [-0.4, -0.2) is 9.97 Å². The number of halogens is 3. The van der Waals surface area contributed by atoms with Crippen molar-refractivity contribution in [2.75, 3.05) is 5.73 Å². The van der Waals surface area contributed by atoms with E-state index >= 15 is 0 Å². The molecule has 0 amide bonds. The monoisotopic (exact) mass is 239 g/mol. The van der Waals surface area contributed by atoms with Gasteiger partial charge in [0.25, 0.3) is 6.43 Å².